The van der Waals surface area contributed by atoms with Gasteiger partial charge in [0.1, 0.15) is 11.5 Å². The molecule has 0 saturated heterocycles. The zero-order valence-electron chi connectivity index (χ0n) is 11.7. The Morgan fingerprint density at radius 3 is 2.52 bits per heavy atom. The average Bonchev–Trinajstić information content (AvgIpc) is 2.46. The fraction of sp³-hybridized carbons (Fsp3) is 0.250. The second-order valence-corrected chi connectivity index (χ2v) is 5.49. The number of rotatable bonds is 6. The lowest BCUT2D eigenvalue weighted by atomic mass is 10.2. The molecule has 0 atom stereocenters. The molecule has 21 heavy (non-hydrogen) atoms. The summed E-state index contributed by atoms with van der Waals surface area (Å²) in [7, 11) is 0. The Labute approximate surface area is 134 Å². The maximum absolute atomic E-state index is 6.01. The standard InChI is InChI=1S/C16H17Cl2NO2/c1-11-3-5-13(10-15(11)19)20-7-2-8-21-16-9-12(17)4-6-14(16)18/h3-6,9-10H,2,7-8,19H2,1H3. The first-order valence-electron chi connectivity index (χ1n) is 6.63. The highest BCUT2D eigenvalue weighted by molar-refractivity contribution is 6.34. The maximum atomic E-state index is 6.01. The van der Waals surface area contributed by atoms with Crippen LogP contribution in [0.4, 0.5) is 5.69 Å². The van der Waals surface area contributed by atoms with Crippen molar-refractivity contribution in [3.63, 3.8) is 0 Å². The van der Waals surface area contributed by atoms with Gasteiger partial charge in [0.25, 0.3) is 0 Å². The topological polar surface area (TPSA) is 44.5 Å². The lowest BCUT2D eigenvalue weighted by Crippen LogP contribution is -2.05. The van der Waals surface area contributed by atoms with E-state index in [0.29, 0.717) is 29.0 Å². The molecule has 2 aromatic carbocycles. The molecule has 0 fully saturated rings. The molecule has 0 bridgehead atoms. The van der Waals surface area contributed by atoms with Crippen LogP contribution in [0.1, 0.15) is 12.0 Å². The van der Waals surface area contributed by atoms with Crippen LogP contribution >= 0.6 is 23.2 Å². The molecule has 0 amide bonds. The molecule has 2 rings (SSSR count). The number of nitrogens with two attached hydrogens (primary N) is 1. The molecule has 0 aliphatic carbocycles. The third kappa shape index (κ3) is 4.73. The third-order valence-electron chi connectivity index (χ3n) is 2.96. The molecule has 0 aromatic heterocycles. The summed E-state index contributed by atoms with van der Waals surface area (Å²) >= 11 is 11.9. The summed E-state index contributed by atoms with van der Waals surface area (Å²) in [6.07, 6.45) is 0.733. The predicted octanol–water partition coefficient (Wildman–Crippen LogP) is 4.73. The second kappa shape index (κ2) is 7.43. The van der Waals surface area contributed by atoms with Crippen molar-refractivity contribution in [3.05, 3.63) is 52.0 Å². The molecule has 0 radical (unpaired) electrons. The monoisotopic (exact) mass is 325 g/mol. The van der Waals surface area contributed by atoms with Gasteiger partial charge in [0.2, 0.25) is 0 Å². The summed E-state index contributed by atoms with van der Waals surface area (Å²) in [6, 6.07) is 10.8. The van der Waals surface area contributed by atoms with Crippen LogP contribution in [-0.4, -0.2) is 13.2 Å². The van der Waals surface area contributed by atoms with Gasteiger partial charge in [-0.1, -0.05) is 29.3 Å². The van der Waals surface area contributed by atoms with Crippen LogP contribution in [0.2, 0.25) is 10.0 Å². The minimum Gasteiger partial charge on any atom is -0.493 e. The first-order valence-corrected chi connectivity index (χ1v) is 7.38. The molecular weight excluding hydrogens is 309 g/mol. The van der Waals surface area contributed by atoms with Gasteiger partial charge in [0.15, 0.2) is 0 Å². The van der Waals surface area contributed by atoms with E-state index >= 15 is 0 Å². The van der Waals surface area contributed by atoms with Crippen LogP contribution in [0.15, 0.2) is 36.4 Å². The number of benzene rings is 2. The number of hydrogen-bond donors (Lipinski definition) is 1. The minimum absolute atomic E-state index is 0.501. The summed E-state index contributed by atoms with van der Waals surface area (Å²) in [5, 5.41) is 1.15. The zero-order valence-corrected chi connectivity index (χ0v) is 13.2. The van der Waals surface area contributed by atoms with E-state index in [4.69, 9.17) is 38.4 Å². The van der Waals surface area contributed by atoms with E-state index in [2.05, 4.69) is 0 Å². The SMILES string of the molecule is Cc1ccc(OCCCOc2cc(Cl)ccc2Cl)cc1N. The molecule has 0 unspecified atom stereocenters. The van der Waals surface area contributed by atoms with Gasteiger partial charge in [0, 0.05) is 29.3 Å². The first kappa shape index (κ1) is 15.8. The van der Waals surface area contributed by atoms with Gasteiger partial charge in [-0.3, -0.25) is 0 Å². The third-order valence-corrected chi connectivity index (χ3v) is 3.51. The number of halogens is 2. The summed E-state index contributed by atoms with van der Waals surface area (Å²) in [5.41, 5.74) is 7.60. The van der Waals surface area contributed by atoms with Gasteiger partial charge in [-0.15, -0.1) is 0 Å². The minimum atomic E-state index is 0.501. The van der Waals surface area contributed by atoms with Crippen LogP contribution in [-0.2, 0) is 0 Å². The van der Waals surface area contributed by atoms with Crippen LogP contribution in [0.3, 0.4) is 0 Å². The van der Waals surface area contributed by atoms with Crippen LogP contribution in [0.25, 0.3) is 0 Å². The molecule has 0 spiro atoms. The molecule has 112 valence electrons. The maximum Gasteiger partial charge on any atom is 0.139 e. The lowest BCUT2D eigenvalue weighted by molar-refractivity contribution is 0.247. The quantitative estimate of drug-likeness (QED) is 0.616. The molecule has 0 aliphatic heterocycles. The molecular formula is C16H17Cl2NO2. The highest BCUT2D eigenvalue weighted by atomic mass is 35.5. The summed E-state index contributed by atoms with van der Waals surface area (Å²) in [4.78, 5) is 0. The number of ether oxygens (including phenoxy) is 2. The largest absolute Gasteiger partial charge is 0.493 e. The van der Waals surface area contributed by atoms with Gasteiger partial charge < -0.3 is 15.2 Å². The number of anilines is 1. The Morgan fingerprint density at radius 1 is 1.00 bits per heavy atom. The van der Waals surface area contributed by atoms with E-state index in [1.807, 2.05) is 25.1 Å². The Kier molecular flexibility index (Phi) is 5.59. The van der Waals surface area contributed by atoms with E-state index in [9.17, 15) is 0 Å². The van der Waals surface area contributed by atoms with Crippen molar-refractivity contribution >= 4 is 28.9 Å². The van der Waals surface area contributed by atoms with Crippen molar-refractivity contribution < 1.29 is 9.47 Å². The Bertz CT molecular complexity index is 617. The van der Waals surface area contributed by atoms with Crippen LogP contribution in [0, 0.1) is 6.92 Å². The van der Waals surface area contributed by atoms with Crippen molar-refractivity contribution in [2.75, 3.05) is 18.9 Å². The van der Waals surface area contributed by atoms with E-state index in [1.54, 1.807) is 18.2 Å². The Morgan fingerprint density at radius 2 is 1.76 bits per heavy atom. The number of nitrogen functional groups attached to an aromatic ring is 1. The highest BCUT2D eigenvalue weighted by Gasteiger charge is 2.03. The van der Waals surface area contributed by atoms with Gasteiger partial charge in [-0.05, 0) is 30.7 Å². The highest BCUT2D eigenvalue weighted by Crippen LogP contribution is 2.27. The molecule has 5 heteroatoms. The van der Waals surface area contributed by atoms with Crippen molar-refractivity contribution in [1.29, 1.82) is 0 Å². The molecule has 0 aliphatic rings. The Hall–Kier alpha value is -1.58. The van der Waals surface area contributed by atoms with Crippen LogP contribution in [0.5, 0.6) is 11.5 Å². The summed E-state index contributed by atoms with van der Waals surface area (Å²) in [6.45, 7) is 3.00. The van der Waals surface area contributed by atoms with E-state index in [0.717, 1.165) is 23.4 Å². The summed E-state index contributed by atoms with van der Waals surface area (Å²) < 4.78 is 11.2. The van der Waals surface area contributed by atoms with Gasteiger partial charge in [0.05, 0.1) is 18.2 Å². The van der Waals surface area contributed by atoms with E-state index in [-0.39, 0.29) is 0 Å². The second-order valence-electron chi connectivity index (χ2n) is 4.64. The van der Waals surface area contributed by atoms with Gasteiger partial charge in [-0.2, -0.15) is 0 Å². The number of hydrogen-bond acceptors (Lipinski definition) is 3. The van der Waals surface area contributed by atoms with Gasteiger partial charge in [-0.25, -0.2) is 0 Å². The van der Waals surface area contributed by atoms with E-state index < -0.39 is 0 Å². The van der Waals surface area contributed by atoms with Crippen molar-refractivity contribution in [2.45, 2.75) is 13.3 Å². The zero-order chi connectivity index (χ0) is 15.2. The molecule has 2 aromatic rings. The smallest absolute Gasteiger partial charge is 0.139 e. The van der Waals surface area contributed by atoms with E-state index in [1.165, 1.54) is 0 Å². The predicted molar refractivity (Wildman–Crippen MR) is 87.7 cm³/mol. The van der Waals surface area contributed by atoms with Crippen molar-refractivity contribution in [1.82, 2.24) is 0 Å². The van der Waals surface area contributed by atoms with Gasteiger partial charge >= 0.3 is 0 Å². The fourth-order valence-corrected chi connectivity index (χ4v) is 2.06. The fourth-order valence-electron chi connectivity index (χ4n) is 1.73. The molecule has 3 nitrogen and oxygen atoms in total. The molecule has 0 saturated carbocycles. The van der Waals surface area contributed by atoms with Crippen molar-refractivity contribution in [2.24, 2.45) is 0 Å². The lowest BCUT2D eigenvalue weighted by Gasteiger charge is -2.10. The first-order chi connectivity index (χ1) is 10.1. The number of aryl methyl sites for hydroxylation is 1. The van der Waals surface area contributed by atoms with Crippen molar-refractivity contribution in [3.8, 4) is 11.5 Å². The Balaban J connectivity index is 1.75. The normalized spacial score (nSPS) is 10.4. The molecule has 0 heterocycles. The summed E-state index contributed by atoms with van der Waals surface area (Å²) in [5.74, 6) is 1.35. The molecule has 2 N–H and O–H groups in total. The average molecular weight is 326 g/mol. The van der Waals surface area contributed by atoms with Crippen LogP contribution < -0.4 is 15.2 Å².